The quantitative estimate of drug-likeness (QED) is 0.707. The lowest BCUT2D eigenvalue weighted by Crippen LogP contribution is -2.32. The number of hydrogen-bond donors (Lipinski definition) is 3. The van der Waals surface area contributed by atoms with E-state index in [-0.39, 0.29) is 11.7 Å². The molecule has 2 rings (SSSR count). The van der Waals surface area contributed by atoms with Crippen molar-refractivity contribution in [3.63, 3.8) is 0 Å². The fourth-order valence-corrected chi connectivity index (χ4v) is 2.50. The third kappa shape index (κ3) is 3.04. The molecule has 0 saturated heterocycles. The van der Waals surface area contributed by atoms with Crippen LogP contribution in [0, 0.1) is 11.6 Å². The Kier molecular flexibility index (Phi) is 2.92. The number of halogens is 2. The van der Waals surface area contributed by atoms with E-state index >= 15 is 0 Å². The van der Waals surface area contributed by atoms with E-state index in [0.717, 1.165) is 18.9 Å². The summed E-state index contributed by atoms with van der Waals surface area (Å²) in [6.45, 7) is 0. The van der Waals surface area contributed by atoms with E-state index in [0.29, 0.717) is 6.07 Å². The number of rotatable bonds is 4. The second kappa shape index (κ2) is 4.11. The number of hydrogen-bond acceptors (Lipinski definition) is 3. The lowest BCUT2D eigenvalue weighted by atomic mass is 10.2. The van der Waals surface area contributed by atoms with Gasteiger partial charge in [-0.05, 0) is 18.9 Å². The van der Waals surface area contributed by atoms with Gasteiger partial charge < -0.3 is 5.73 Å². The van der Waals surface area contributed by atoms with Crippen LogP contribution in [0.25, 0.3) is 0 Å². The SMILES string of the molecule is Nc1cc(F)cc(F)c1NS(=O)(=O)NC1CC1. The fourth-order valence-electron chi connectivity index (χ4n) is 1.29. The van der Waals surface area contributed by atoms with Gasteiger partial charge in [-0.15, -0.1) is 0 Å². The van der Waals surface area contributed by atoms with E-state index in [1.54, 1.807) is 0 Å². The topological polar surface area (TPSA) is 84.2 Å². The molecule has 1 fully saturated rings. The molecule has 1 aromatic rings. The standard InChI is InChI=1S/C9H11F2N3O2S/c10-5-3-7(11)9(8(12)4-5)14-17(15,16)13-6-1-2-6/h3-4,6,13-14H,1-2,12H2. The predicted molar refractivity (Wildman–Crippen MR) is 59.5 cm³/mol. The van der Waals surface area contributed by atoms with Gasteiger partial charge in [0.05, 0.1) is 5.69 Å². The summed E-state index contributed by atoms with van der Waals surface area (Å²) in [6, 6.07) is 1.29. The van der Waals surface area contributed by atoms with E-state index < -0.39 is 27.5 Å². The first-order valence-electron chi connectivity index (χ1n) is 4.92. The van der Waals surface area contributed by atoms with Crippen LogP contribution < -0.4 is 15.2 Å². The van der Waals surface area contributed by atoms with Crippen LogP contribution in [0.1, 0.15) is 12.8 Å². The van der Waals surface area contributed by atoms with Crippen LogP contribution >= 0.6 is 0 Å². The second-order valence-corrected chi connectivity index (χ2v) is 5.30. The highest BCUT2D eigenvalue weighted by atomic mass is 32.2. The molecule has 1 saturated carbocycles. The molecule has 0 radical (unpaired) electrons. The number of nitrogens with one attached hydrogen (secondary N) is 2. The van der Waals surface area contributed by atoms with E-state index in [1.165, 1.54) is 0 Å². The molecule has 0 unspecified atom stereocenters. The minimum absolute atomic E-state index is 0.114. The van der Waals surface area contributed by atoms with Crippen molar-refractivity contribution in [1.29, 1.82) is 0 Å². The van der Waals surface area contributed by atoms with Crippen LogP contribution in [0.5, 0.6) is 0 Å². The molecule has 0 aromatic heterocycles. The second-order valence-electron chi connectivity index (χ2n) is 3.85. The molecule has 0 atom stereocenters. The maximum absolute atomic E-state index is 13.3. The molecule has 17 heavy (non-hydrogen) atoms. The number of benzene rings is 1. The molecule has 0 heterocycles. The number of anilines is 2. The Bertz CT molecular complexity index is 520. The van der Waals surface area contributed by atoms with Crippen molar-refractivity contribution in [2.75, 3.05) is 10.5 Å². The molecule has 1 aliphatic carbocycles. The monoisotopic (exact) mass is 263 g/mol. The van der Waals surface area contributed by atoms with Gasteiger partial charge in [0.25, 0.3) is 10.2 Å². The van der Waals surface area contributed by atoms with Crippen molar-refractivity contribution in [2.24, 2.45) is 0 Å². The van der Waals surface area contributed by atoms with Crippen molar-refractivity contribution < 1.29 is 17.2 Å². The van der Waals surface area contributed by atoms with E-state index in [1.807, 2.05) is 4.72 Å². The molecule has 94 valence electrons. The van der Waals surface area contributed by atoms with Crippen LogP contribution in [0.2, 0.25) is 0 Å². The van der Waals surface area contributed by atoms with Gasteiger partial charge in [-0.2, -0.15) is 13.1 Å². The normalized spacial score (nSPS) is 15.9. The molecule has 0 amide bonds. The number of nitrogens with two attached hydrogens (primary N) is 1. The Morgan fingerprint density at radius 3 is 2.47 bits per heavy atom. The highest BCUT2D eigenvalue weighted by molar-refractivity contribution is 7.90. The van der Waals surface area contributed by atoms with Crippen molar-refractivity contribution in [3.8, 4) is 0 Å². The van der Waals surface area contributed by atoms with Gasteiger partial charge in [0.15, 0.2) is 5.82 Å². The molecular formula is C9H11F2N3O2S. The smallest absolute Gasteiger partial charge is 0.299 e. The summed E-state index contributed by atoms with van der Waals surface area (Å²) in [6.07, 6.45) is 1.50. The average molecular weight is 263 g/mol. The van der Waals surface area contributed by atoms with Crippen LogP contribution in [-0.4, -0.2) is 14.5 Å². The molecular weight excluding hydrogens is 252 g/mol. The molecule has 1 aliphatic rings. The Labute approximate surface area is 97.2 Å². The molecule has 0 bridgehead atoms. The first-order chi connectivity index (χ1) is 7.87. The van der Waals surface area contributed by atoms with Crippen LogP contribution in [0.15, 0.2) is 12.1 Å². The summed E-state index contributed by atoms with van der Waals surface area (Å²) < 4.78 is 53.3. The van der Waals surface area contributed by atoms with Gasteiger partial charge in [0, 0.05) is 12.1 Å². The molecule has 0 aliphatic heterocycles. The molecule has 0 spiro atoms. The van der Waals surface area contributed by atoms with E-state index in [2.05, 4.69) is 4.72 Å². The summed E-state index contributed by atoms with van der Waals surface area (Å²) >= 11 is 0. The third-order valence-corrected chi connectivity index (χ3v) is 3.34. The van der Waals surface area contributed by atoms with Gasteiger partial charge in [0.2, 0.25) is 0 Å². The first kappa shape index (κ1) is 12.1. The Hall–Kier alpha value is -1.41. The van der Waals surface area contributed by atoms with Gasteiger partial charge in [-0.3, -0.25) is 4.72 Å². The van der Waals surface area contributed by atoms with Crippen LogP contribution in [0.3, 0.4) is 0 Å². The van der Waals surface area contributed by atoms with Crippen LogP contribution in [-0.2, 0) is 10.2 Å². The Morgan fingerprint density at radius 1 is 1.29 bits per heavy atom. The lowest BCUT2D eigenvalue weighted by Gasteiger charge is -2.11. The van der Waals surface area contributed by atoms with Gasteiger partial charge in [-0.25, -0.2) is 8.78 Å². The van der Waals surface area contributed by atoms with Crippen molar-refractivity contribution in [1.82, 2.24) is 4.72 Å². The molecule has 5 nitrogen and oxygen atoms in total. The summed E-state index contributed by atoms with van der Waals surface area (Å²) in [5.74, 6) is -1.92. The molecule has 8 heteroatoms. The van der Waals surface area contributed by atoms with Crippen molar-refractivity contribution in [3.05, 3.63) is 23.8 Å². The minimum atomic E-state index is -3.87. The maximum Gasteiger partial charge on any atom is 0.299 e. The predicted octanol–water partition coefficient (Wildman–Crippen LogP) is 0.956. The summed E-state index contributed by atoms with van der Waals surface area (Å²) in [5, 5.41) is 0. The van der Waals surface area contributed by atoms with Gasteiger partial charge >= 0.3 is 0 Å². The fraction of sp³-hybridized carbons (Fsp3) is 0.333. The molecule has 4 N–H and O–H groups in total. The van der Waals surface area contributed by atoms with E-state index in [9.17, 15) is 17.2 Å². The largest absolute Gasteiger partial charge is 0.397 e. The Morgan fingerprint density at radius 2 is 1.94 bits per heavy atom. The maximum atomic E-state index is 13.3. The lowest BCUT2D eigenvalue weighted by molar-refractivity contribution is 0.578. The van der Waals surface area contributed by atoms with Crippen LogP contribution in [0.4, 0.5) is 20.2 Å². The summed E-state index contributed by atoms with van der Waals surface area (Å²) in [7, 11) is -3.87. The highest BCUT2D eigenvalue weighted by Crippen LogP contribution is 2.26. The Balaban J connectivity index is 2.23. The van der Waals surface area contributed by atoms with E-state index in [4.69, 9.17) is 5.73 Å². The molecule has 1 aromatic carbocycles. The average Bonchev–Trinajstić information content (AvgIpc) is 2.94. The third-order valence-electron chi connectivity index (χ3n) is 2.22. The zero-order chi connectivity index (χ0) is 12.6. The first-order valence-corrected chi connectivity index (χ1v) is 6.40. The zero-order valence-corrected chi connectivity index (χ0v) is 9.52. The highest BCUT2D eigenvalue weighted by Gasteiger charge is 2.27. The van der Waals surface area contributed by atoms with Crippen molar-refractivity contribution >= 4 is 21.6 Å². The van der Waals surface area contributed by atoms with Crippen molar-refractivity contribution in [2.45, 2.75) is 18.9 Å². The minimum Gasteiger partial charge on any atom is -0.397 e. The van der Waals surface area contributed by atoms with Gasteiger partial charge in [-0.1, -0.05) is 0 Å². The van der Waals surface area contributed by atoms with Gasteiger partial charge in [0.1, 0.15) is 11.5 Å². The summed E-state index contributed by atoms with van der Waals surface area (Å²) in [4.78, 5) is 0. The summed E-state index contributed by atoms with van der Waals surface area (Å²) in [5.41, 5.74) is 4.59. The zero-order valence-electron chi connectivity index (χ0n) is 8.70. The number of nitrogen functional groups attached to an aromatic ring is 1.